The van der Waals surface area contributed by atoms with Crippen molar-refractivity contribution < 1.29 is 9.21 Å². The Morgan fingerprint density at radius 1 is 1.11 bits per heavy atom. The molecule has 0 unspecified atom stereocenters. The highest BCUT2D eigenvalue weighted by Gasteiger charge is 2.05. The first-order valence-electron chi connectivity index (χ1n) is 5.86. The molecule has 1 heterocycles. The second-order valence-electron chi connectivity index (χ2n) is 4.05. The Balaban J connectivity index is 2.06. The van der Waals surface area contributed by atoms with Crippen LogP contribution in [-0.4, -0.2) is 5.78 Å². The Morgan fingerprint density at radius 3 is 2.47 bits per heavy atom. The lowest BCUT2D eigenvalue weighted by molar-refractivity contribution is 0.102. The van der Waals surface area contributed by atoms with E-state index >= 15 is 0 Å². The van der Waals surface area contributed by atoms with Gasteiger partial charge in [0.15, 0.2) is 5.76 Å². The molecule has 0 saturated heterocycles. The van der Waals surface area contributed by atoms with E-state index < -0.39 is 0 Å². The number of halogens is 1. The Bertz CT molecular complexity index is 621. The van der Waals surface area contributed by atoms with Gasteiger partial charge in [-0.2, -0.15) is 0 Å². The van der Waals surface area contributed by atoms with Gasteiger partial charge in [-0.3, -0.25) is 4.79 Å². The van der Waals surface area contributed by atoms with E-state index in [1.165, 1.54) is 6.08 Å². The first-order valence-corrected chi connectivity index (χ1v) is 6.24. The molecule has 2 rings (SSSR count). The van der Waals surface area contributed by atoms with E-state index in [0.29, 0.717) is 16.6 Å². The second-order valence-corrected chi connectivity index (χ2v) is 4.48. The van der Waals surface area contributed by atoms with E-state index in [1.807, 2.05) is 30.3 Å². The zero-order valence-electron chi connectivity index (χ0n) is 10.5. The highest BCUT2D eigenvalue weighted by molar-refractivity contribution is 6.33. The number of allylic oxidation sites excluding steroid dienone is 3. The van der Waals surface area contributed by atoms with Crippen molar-refractivity contribution in [2.75, 3.05) is 0 Å². The second kappa shape index (κ2) is 6.21. The summed E-state index contributed by atoms with van der Waals surface area (Å²) in [5.41, 5.74) is 0.985. The number of carbonyl (C=O) groups excluding carboxylic acids is 1. The highest BCUT2D eigenvalue weighted by Crippen LogP contribution is 2.13. The highest BCUT2D eigenvalue weighted by atomic mass is 35.5. The molecule has 1 aromatic carbocycles. The summed E-state index contributed by atoms with van der Waals surface area (Å²) in [6.45, 7) is 1.79. The molecule has 0 aliphatic heterocycles. The minimum atomic E-state index is -0.201. The molecule has 19 heavy (non-hydrogen) atoms. The Hall–Kier alpha value is -2.06. The number of ketones is 1. The molecule has 0 saturated carbocycles. The number of benzene rings is 1. The van der Waals surface area contributed by atoms with Crippen molar-refractivity contribution in [1.29, 1.82) is 0 Å². The van der Waals surface area contributed by atoms with Gasteiger partial charge in [-0.25, -0.2) is 0 Å². The molecule has 0 atom stereocenters. The summed E-state index contributed by atoms with van der Waals surface area (Å²) in [4.78, 5) is 11.7. The summed E-state index contributed by atoms with van der Waals surface area (Å²) in [5, 5.41) is 0.489. The lowest BCUT2D eigenvalue weighted by Crippen LogP contribution is -1.90. The topological polar surface area (TPSA) is 30.2 Å². The number of hydrogen-bond donors (Lipinski definition) is 0. The fraction of sp³-hybridized carbons (Fsp3) is 0.0625. The summed E-state index contributed by atoms with van der Waals surface area (Å²) in [5.74, 6) is 0.827. The number of carbonyl (C=O) groups is 1. The van der Waals surface area contributed by atoms with Crippen molar-refractivity contribution in [3.05, 3.63) is 76.7 Å². The van der Waals surface area contributed by atoms with E-state index in [4.69, 9.17) is 16.0 Å². The van der Waals surface area contributed by atoms with Crippen LogP contribution in [0.1, 0.15) is 21.9 Å². The third-order valence-electron chi connectivity index (χ3n) is 2.48. The zero-order chi connectivity index (χ0) is 13.7. The minimum Gasteiger partial charge on any atom is -0.458 e. The predicted molar refractivity (Wildman–Crippen MR) is 77.2 cm³/mol. The van der Waals surface area contributed by atoms with Crippen molar-refractivity contribution in [1.82, 2.24) is 0 Å². The van der Waals surface area contributed by atoms with E-state index in [-0.39, 0.29) is 5.78 Å². The fourth-order valence-corrected chi connectivity index (χ4v) is 1.75. The van der Waals surface area contributed by atoms with Gasteiger partial charge in [0.1, 0.15) is 5.76 Å². The van der Waals surface area contributed by atoms with Crippen LogP contribution in [0.4, 0.5) is 0 Å². The van der Waals surface area contributed by atoms with Crippen LogP contribution in [0.25, 0.3) is 6.08 Å². The van der Waals surface area contributed by atoms with E-state index in [1.54, 1.807) is 31.2 Å². The predicted octanol–water partition coefficient (Wildman–Crippen LogP) is 4.61. The number of furan rings is 1. The van der Waals surface area contributed by atoms with Crippen LogP contribution in [0.15, 0.2) is 64.1 Å². The fourth-order valence-electron chi connectivity index (χ4n) is 1.56. The molecule has 0 amide bonds. The maximum absolute atomic E-state index is 11.7. The summed E-state index contributed by atoms with van der Waals surface area (Å²) in [6.07, 6.45) is 4.76. The minimum absolute atomic E-state index is 0.201. The van der Waals surface area contributed by atoms with Crippen LogP contribution in [0, 0.1) is 6.92 Å². The maximum Gasteiger partial charge on any atom is 0.221 e. The average Bonchev–Trinajstić information content (AvgIpc) is 2.84. The summed E-state index contributed by atoms with van der Waals surface area (Å²) < 4.78 is 5.23. The summed E-state index contributed by atoms with van der Waals surface area (Å²) in [7, 11) is 0. The third-order valence-corrected chi connectivity index (χ3v) is 2.72. The van der Waals surface area contributed by atoms with Crippen molar-refractivity contribution in [3.63, 3.8) is 0 Å². The molecule has 3 heteroatoms. The molecule has 0 bridgehead atoms. The van der Waals surface area contributed by atoms with Gasteiger partial charge < -0.3 is 4.42 Å². The van der Waals surface area contributed by atoms with Gasteiger partial charge in [-0.05, 0) is 42.8 Å². The van der Waals surface area contributed by atoms with E-state index in [0.717, 1.165) is 5.56 Å². The zero-order valence-corrected chi connectivity index (χ0v) is 11.2. The van der Waals surface area contributed by atoms with Crippen LogP contribution in [0.5, 0.6) is 0 Å². The van der Waals surface area contributed by atoms with Gasteiger partial charge in [0.2, 0.25) is 5.78 Å². The standard InChI is InChI=1S/C16H13ClO2/c1-12-7-10-16(19-12)15(18)9-8-14(17)11-13-5-3-2-4-6-13/h2-11H,1H3. The van der Waals surface area contributed by atoms with Gasteiger partial charge >= 0.3 is 0 Å². The number of rotatable bonds is 4. The van der Waals surface area contributed by atoms with E-state index in [2.05, 4.69) is 0 Å². The maximum atomic E-state index is 11.7. The molecule has 2 aromatic rings. The van der Waals surface area contributed by atoms with Crippen molar-refractivity contribution in [3.8, 4) is 0 Å². The molecular weight excluding hydrogens is 260 g/mol. The van der Waals surface area contributed by atoms with Gasteiger partial charge in [-0.1, -0.05) is 41.9 Å². The molecule has 2 nitrogen and oxygen atoms in total. The molecule has 0 N–H and O–H groups in total. The first kappa shape index (κ1) is 13.4. The van der Waals surface area contributed by atoms with Crippen molar-refractivity contribution in [2.45, 2.75) is 6.92 Å². The Morgan fingerprint density at radius 2 is 1.84 bits per heavy atom. The van der Waals surface area contributed by atoms with Crippen molar-refractivity contribution in [2.24, 2.45) is 0 Å². The number of aryl methyl sites for hydroxylation is 1. The molecule has 0 radical (unpaired) electrons. The van der Waals surface area contributed by atoms with Gasteiger partial charge in [-0.15, -0.1) is 0 Å². The summed E-state index contributed by atoms with van der Waals surface area (Å²) in [6, 6.07) is 13.1. The van der Waals surface area contributed by atoms with Crippen LogP contribution in [-0.2, 0) is 0 Å². The average molecular weight is 273 g/mol. The lowest BCUT2D eigenvalue weighted by atomic mass is 10.2. The van der Waals surface area contributed by atoms with Crippen LogP contribution in [0.2, 0.25) is 0 Å². The Labute approximate surface area is 117 Å². The van der Waals surface area contributed by atoms with Crippen molar-refractivity contribution >= 4 is 23.5 Å². The Kier molecular flexibility index (Phi) is 4.37. The number of hydrogen-bond acceptors (Lipinski definition) is 2. The monoisotopic (exact) mass is 272 g/mol. The third kappa shape index (κ3) is 3.97. The van der Waals surface area contributed by atoms with Crippen LogP contribution >= 0.6 is 11.6 Å². The molecule has 0 fully saturated rings. The first-order chi connectivity index (χ1) is 9.15. The lowest BCUT2D eigenvalue weighted by Gasteiger charge is -1.93. The largest absolute Gasteiger partial charge is 0.458 e. The molecule has 1 aromatic heterocycles. The van der Waals surface area contributed by atoms with Gasteiger partial charge in [0.05, 0.1) is 0 Å². The smallest absolute Gasteiger partial charge is 0.221 e. The summed E-state index contributed by atoms with van der Waals surface area (Å²) >= 11 is 6.04. The molecular formula is C16H13ClO2. The van der Waals surface area contributed by atoms with Gasteiger partial charge in [0.25, 0.3) is 0 Å². The van der Waals surface area contributed by atoms with Crippen LogP contribution < -0.4 is 0 Å². The SMILES string of the molecule is Cc1ccc(C(=O)C=CC(Cl)=Cc2ccccc2)o1. The quantitative estimate of drug-likeness (QED) is 0.462. The van der Waals surface area contributed by atoms with Gasteiger partial charge in [0, 0.05) is 5.03 Å². The normalized spacial score (nSPS) is 12.0. The molecule has 0 aliphatic carbocycles. The van der Waals surface area contributed by atoms with E-state index in [9.17, 15) is 4.79 Å². The molecule has 0 aliphatic rings. The molecule has 0 spiro atoms. The molecule has 96 valence electrons. The van der Waals surface area contributed by atoms with Crippen LogP contribution in [0.3, 0.4) is 0 Å².